The van der Waals surface area contributed by atoms with Crippen LogP contribution < -0.4 is 17.2 Å². The number of primary amides is 2. The van der Waals surface area contributed by atoms with E-state index in [1.54, 1.807) is 6.92 Å². The van der Waals surface area contributed by atoms with Gasteiger partial charge in [0.05, 0.1) is 33.3 Å². The number of rotatable bonds is 10. The smallest absolute Gasteiger partial charge is 0.333 e. The highest BCUT2D eigenvalue weighted by molar-refractivity contribution is 5.89. The number of esters is 3. The average molecular weight is 517 g/mol. The van der Waals surface area contributed by atoms with Crippen LogP contribution in [0.4, 0.5) is 0 Å². The van der Waals surface area contributed by atoms with Crippen molar-refractivity contribution in [1.82, 2.24) is 4.90 Å². The van der Waals surface area contributed by atoms with Gasteiger partial charge in [-0.15, -0.1) is 0 Å². The van der Waals surface area contributed by atoms with Crippen LogP contribution in [0.3, 0.4) is 0 Å². The Kier molecular flexibility index (Phi) is 18.1. The molecule has 1 aliphatic heterocycles. The predicted molar refractivity (Wildman–Crippen MR) is 130 cm³/mol. The maximum absolute atomic E-state index is 11.7. The second-order valence-electron chi connectivity index (χ2n) is 7.72. The summed E-state index contributed by atoms with van der Waals surface area (Å²) in [6, 6.07) is -1.09. The molecular weight excluding hydrogens is 476 g/mol. The van der Waals surface area contributed by atoms with E-state index in [2.05, 4.69) is 20.8 Å². The first-order chi connectivity index (χ1) is 16.8. The lowest BCUT2D eigenvalue weighted by molar-refractivity contribution is -0.153. The summed E-state index contributed by atoms with van der Waals surface area (Å²) >= 11 is 0. The average Bonchev–Trinajstić information content (AvgIpc) is 2.87. The molecule has 206 valence electrons. The Bertz CT molecular complexity index is 786. The van der Waals surface area contributed by atoms with E-state index in [4.69, 9.17) is 17.2 Å². The van der Waals surface area contributed by atoms with Crippen molar-refractivity contribution in [2.24, 2.45) is 23.1 Å². The number of nitrogens with zero attached hydrogens (tertiary/aromatic N) is 1. The van der Waals surface area contributed by atoms with Crippen LogP contribution in [0.5, 0.6) is 0 Å². The third-order valence-electron chi connectivity index (χ3n) is 5.21. The highest BCUT2D eigenvalue weighted by atomic mass is 16.5. The van der Waals surface area contributed by atoms with E-state index in [0.29, 0.717) is 19.3 Å². The molecule has 36 heavy (non-hydrogen) atoms. The largest absolute Gasteiger partial charge is 0.469 e. The lowest BCUT2D eigenvalue weighted by Gasteiger charge is -2.35. The van der Waals surface area contributed by atoms with Gasteiger partial charge in [-0.3, -0.25) is 24.0 Å². The molecule has 3 atom stereocenters. The van der Waals surface area contributed by atoms with Crippen molar-refractivity contribution in [3.05, 3.63) is 12.2 Å². The van der Waals surface area contributed by atoms with Crippen LogP contribution in [-0.2, 0) is 43.0 Å². The highest BCUT2D eigenvalue weighted by Crippen LogP contribution is 2.21. The Morgan fingerprint density at radius 3 is 1.92 bits per heavy atom. The van der Waals surface area contributed by atoms with Crippen molar-refractivity contribution >= 4 is 35.6 Å². The Hall–Kier alpha value is -3.48. The molecule has 1 rings (SSSR count). The van der Waals surface area contributed by atoms with E-state index in [1.165, 1.54) is 26.2 Å². The molecule has 0 bridgehead atoms. The molecule has 1 aliphatic rings. The van der Waals surface area contributed by atoms with Crippen LogP contribution in [0.1, 0.15) is 52.4 Å². The zero-order valence-corrected chi connectivity index (χ0v) is 21.7. The number of hydrogen-bond acceptors (Lipinski definition) is 10. The summed E-state index contributed by atoms with van der Waals surface area (Å²) < 4.78 is 13.4. The van der Waals surface area contributed by atoms with Crippen molar-refractivity contribution in [3.8, 4) is 0 Å². The molecule has 13 nitrogen and oxygen atoms in total. The van der Waals surface area contributed by atoms with Gasteiger partial charge in [0.1, 0.15) is 6.04 Å². The number of amides is 3. The number of methoxy groups -OCH3 is 3. The third-order valence-corrected chi connectivity index (χ3v) is 5.21. The van der Waals surface area contributed by atoms with Gasteiger partial charge in [-0.05, 0) is 25.7 Å². The number of hydrogen-bond donors (Lipinski definition) is 3. The molecule has 1 heterocycles. The fourth-order valence-corrected chi connectivity index (χ4v) is 2.91. The molecule has 0 radical (unpaired) electrons. The van der Waals surface area contributed by atoms with Gasteiger partial charge >= 0.3 is 17.9 Å². The minimum absolute atomic E-state index is 0.129. The monoisotopic (exact) mass is 516 g/mol. The lowest BCUT2D eigenvalue weighted by Crippen LogP contribution is -2.52. The topological polar surface area (TPSA) is 211 Å². The van der Waals surface area contributed by atoms with E-state index < -0.39 is 29.9 Å². The first kappa shape index (κ1) is 34.7. The van der Waals surface area contributed by atoms with Crippen LogP contribution in [0, 0.1) is 5.92 Å². The maximum Gasteiger partial charge on any atom is 0.333 e. The van der Waals surface area contributed by atoms with Crippen LogP contribution in [0.2, 0.25) is 0 Å². The molecule has 1 saturated heterocycles. The van der Waals surface area contributed by atoms with Gasteiger partial charge in [0, 0.05) is 25.0 Å². The molecule has 0 aromatic heterocycles. The fraction of sp³-hybridized carbons (Fsp3) is 0.652. The molecular formula is C23H40N4O9. The fourth-order valence-electron chi connectivity index (χ4n) is 2.91. The Labute approximate surface area is 211 Å². The normalized spacial score (nSPS) is 16.0. The second kappa shape index (κ2) is 18.8. The van der Waals surface area contributed by atoms with E-state index >= 15 is 0 Å². The van der Waals surface area contributed by atoms with Gasteiger partial charge in [0.25, 0.3) is 0 Å². The molecule has 0 aromatic rings. The van der Waals surface area contributed by atoms with Gasteiger partial charge in [-0.25, -0.2) is 4.79 Å². The number of likely N-dealkylation sites (tertiary alicyclic amines) is 1. The Morgan fingerprint density at radius 1 is 0.972 bits per heavy atom. The first-order valence-electron chi connectivity index (χ1n) is 11.3. The zero-order valence-electron chi connectivity index (χ0n) is 21.7. The molecule has 6 N–H and O–H groups in total. The SMILES string of the molecule is C=C(CCC(=O)OC)C(=O)OC.CC[C@@H](C(N)=O)N1CC(C(=O)OC)CCC1=O.CC[C@H](N)C(N)=O. The number of carbonyl (C=O) groups excluding carboxylic acids is 6. The van der Waals surface area contributed by atoms with Crippen LogP contribution in [0.15, 0.2) is 12.2 Å². The third kappa shape index (κ3) is 13.4. The molecule has 1 unspecified atom stereocenters. The van der Waals surface area contributed by atoms with Crippen LogP contribution in [-0.4, -0.2) is 80.5 Å². The van der Waals surface area contributed by atoms with Gasteiger partial charge < -0.3 is 36.3 Å². The van der Waals surface area contributed by atoms with Crippen LogP contribution in [0.25, 0.3) is 0 Å². The zero-order chi connectivity index (χ0) is 28.4. The van der Waals surface area contributed by atoms with Gasteiger partial charge in [0.15, 0.2) is 0 Å². The number of nitrogens with two attached hydrogens (primary N) is 3. The number of carbonyl (C=O) groups is 6. The van der Waals surface area contributed by atoms with Crippen molar-refractivity contribution in [2.45, 2.75) is 64.5 Å². The van der Waals surface area contributed by atoms with Crippen molar-refractivity contribution < 1.29 is 43.0 Å². The summed E-state index contributed by atoms with van der Waals surface area (Å²) in [6.07, 6.45) is 2.23. The second-order valence-corrected chi connectivity index (χ2v) is 7.72. The molecule has 1 fully saturated rings. The van der Waals surface area contributed by atoms with Crippen LogP contribution >= 0.6 is 0 Å². The molecule has 0 aromatic carbocycles. The highest BCUT2D eigenvalue weighted by Gasteiger charge is 2.35. The van der Waals surface area contributed by atoms with Gasteiger partial charge in [0.2, 0.25) is 17.7 Å². The standard InChI is InChI=1S/C11H18N2O4.C8H12O4.C4H10N2O/c1-3-8(10(12)15)13-6-7(11(16)17-2)4-5-9(13)14;1-6(8(10)12-3)4-5-7(9)11-2;1-2-3(5)4(6)7/h7-8H,3-6H2,1-2H3,(H2,12,15);1,4-5H2,2-3H3;3H,2,5H2,1H3,(H2,6,7)/t7?,8-;;3-/m0.0/s1. The van der Waals surface area contributed by atoms with E-state index in [9.17, 15) is 28.8 Å². The molecule has 3 amide bonds. The summed E-state index contributed by atoms with van der Waals surface area (Å²) in [7, 11) is 3.88. The lowest BCUT2D eigenvalue weighted by atomic mass is 9.95. The molecule has 0 saturated carbocycles. The van der Waals surface area contributed by atoms with Gasteiger partial charge in [-0.1, -0.05) is 20.4 Å². The predicted octanol–water partition coefficient (Wildman–Crippen LogP) is -0.460. The van der Waals surface area contributed by atoms with E-state index in [-0.39, 0.29) is 55.1 Å². The van der Waals surface area contributed by atoms with E-state index in [0.717, 1.165) is 0 Å². The summed E-state index contributed by atoms with van der Waals surface area (Å²) in [4.78, 5) is 67.2. The number of ether oxygens (including phenoxy) is 3. The minimum Gasteiger partial charge on any atom is -0.469 e. The van der Waals surface area contributed by atoms with Crippen molar-refractivity contribution in [1.29, 1.82) is 0 Å². The Morgan fingerprint density at radius 2 is 1.56 bits per heavy atom. The van der Waals surface area contributed by atoms with Crippen molar-refractivity contribution in [2.75, 3.05) is 27.9 Å². The molecule has 0 aliphatic carbocycles. The minimum atomic E-state index is -0.630. The summed E-state index contributed by atoms with van der Waals surface area (Å²) in [5.41, 5.74) is 15.4. The Balaban J connectivity index is 0. The quantitative estimate of drug-likeness (QED) is 0.193. The number of piperidine rings is 1. The summed E-state index contributed by atoms with van der Waals surface area (Å²) in [5, 5.41) is 0. The van der Waals surface area contributed by atoms with Crippen molar-refractivity contribution in [3.63, 3.8) is 0 Å². The summed E-state index contributed by atoms with van der Waals surface area (Å²) in [5.74, 6) is -2.64. The molecule has 13 heteroatoms. The van der Waals surface area contributed by atoms with E-state index in [1.807, 2.05) is 6.92 Å². The first-order valence-corrected chi connectivity index (χ1v) is 11.3. The maximum atomic E-state index is 11.7. The molecule has 0 spiro atoms. The summed E-state index contributed by atoms with van der Waals surface area (Å²) in [6.45, 7) is 7.26. The van der Waals surface area contributed by atoms with Gasteiger partial charge in [-0.2, -0.15) is 0 Å².